The van der Waals surface area contributed by atoms with Gasteiger partial charge in [0.05, 0.1) is 20.3 Å². The van der Waals surface area contributed by atoms with Gasteiger partial charge in [0.2, 0.25) is 11.9 Å². The number of aromatic nitrogens is 2. The smallest absolute Gasteiger partial charge is 0.228 e. The molecule has 0 spiro atoms. The quantitative estimate of drug-likeness (QED) is 0.539. The first-order valence-corrected chi connectivity index (χ1v) is 12.2. The number of carbonyl (C=O) groups excluding carboxylic acids is 1. The van der Waals surface area contributed by atoms with Gasteiger partial charge in [0.1, 0.15) is 11.3 Å². The molecule has 10 heteroatoms. The van der Waals surface area contributed by atoms with Crippen LogP contribution in [0.2, 0.25) is 0 Å². The lowest BCUT2D eigenvalue weighted by molar-refractivity contribution is -0.132. The third-order valence-electron chi connectivity index (χ3n) is 7.05. The van der Waals surface area contributed by atoms with Crippen LogP contribution in [0.25, 0.3) is 10.9 Å². The maximum atomic E-state index is 15.4. The number of nitrogens with zero attached hydrogens (tertiary/aromatic N) is 4. The number of fused-ring (bicyclic) bond motifs is 1. The second-order valence-corrected chi connectivity index (χ2v) is 9.19. The van der Waals surface area contributed by atoms with E-state index < -0.39 is 5.82 Å². The number of nitrogens with two attached hydrogens (primary N) is 1. The summed E-state index contributed by atoms with van der Waals surface area (Å²) in [7, 11) is 2.81. The van der Waals surface area contributed by atoms with Gasteiger partial charge in [-0.15, -0.1) is 0 Å². The molecule has 36 heavy (non-hydrogen) atoms. The van der Waals surface area contributed by atoms with Crippen molar-refractivity contribution >= 4 is 28.6 Å². The molecule has 0 bridgehead atoms. The number of carbonyl (C=O) groups is 1. The zero-order chi connectivity index (χ0) is 25.2. The van der Waals surface area contributed by atoms with E-state index in [0.29, 0.717) is 37.4 Å². The van der Waals surface area contributed by atoms with Gasteiger partial charge in [-0.25, -0.2) is 9.37 Å². The Balaban J connectivity index is 1.50. The van der Waals surface area contributed by atoms with E-state index in [1.807, 2.05) is 40.1 Å². The number of halogens is 1. The average molecular weight is 495 g/mol. The molecule has 2 aromatic carbocycles. The number of nitrogens with one attached hydrogen (secondary N) is 1. The SMILES string of the molecule is COc1cc2c(N)nc(N3CCN(C(=O)CC4CCCN4)CC3c3ccccc3)nc2c(F)c1OC. The van der Waals surface area contributed by atoms with E-state index >= 15 is 4.39 Å². The molecular weight excluding hydrogens is 463 g/mol. The van der Waals surface area contributed by atoms with Crippen LogP contribution < -0.4 is 25.4 Å². The summed E-state index contributed by atoms with van der Waals surface area (Å²) >= 11 is 0. The van der Waals surface area contributed by atoms with E-state index in [4.69, 9.17) is 15.2 Å². The van der Waals surface area contributed by atoms with Crippen molar-refractivity contribution in [2.24, 2.45) is 0 Å². The van der Waals surface area contributed by atoms with E-state index in [2.05, 4.69) is 15.3 Å². The summed E-state index contributed by atoms with van der Waals surface area (Å²) in [6, 6.07) is 11.5. The molecule has 9 nitrogen and oxygen atoms in total. The number of piperazine rings is 1. The number of nitrogen functional groups attached to an aromatic ring is 1. The van der Waals surface area contributed by atoms with Gasteiger partial charge < -0.3 is 30.3 Å². The van der Waals surface area contributed by atoms with E-state index in [1.165, 1.54) is 14.2 Å². The Bertz CT molecular complexity index is 1250. The number of hydrogen-bond acceptors (Lipinski definition) is 8. The first-order chi connectivity index (χ1) is 17.5. The molecule has 2 fully saturated rings. The maximum absolute atomic E-state index is 15.4. The fourth-order valence-corrected chi connectivity index (χ4v) is 5.15. The summed E-state index contributed by atoms with van der Waals surface area (Å²) in [6.45, 7) is 2.45. The fraction of sp³-hybridized carbons (Fsp3) is 0.423. The minimum atomic E-state index is -0.656. The molecule has 5 rings (SSSR count). The minimum absolute atomic E-state index is 0.0374. The molecule has 0 saturated carbocycles. The summed E-state index contributed by atoms with van der Waals surface area (Å²) in [5.41, 5.74) is 7.37. The van der Waals surface area contributed by atoms with Gasteiger partial charge in [-0.2, -0.15) is 4.98 Å². The summed E-state index contributed by atoms with van der Waals surface area (Å²) in [5.74, 6) is 0.117. The van der Waals surface area contributed by atoms with Crippen LogP contribution in [0.3, 0.4) is 0 Å². The maximum Gasteiger partial charge on any atom is 0.228 e. The number of rotatable bonds is 6. The van der Waals surface area contributed by atoms with Gasteiger partial charge in [0.15, 0.2) is 17.3 Å². The zero-order valence-electron chi connectivity index (χ0n) is 20.5. The van der Waals surface area contributed by atoms with Crippen LogP contribution in [-0.2, 0) is 4.79 Å². The van der Waals surface area contributed by atoms with Crippen LogP contribution >= 0.6 is 0 Å². The van der Waals surface area contributed by atoms with E-state index in [1.54, 1.807) is 6.07 Å². The molecular formula is C26H31FN6O3. The van der Waals surface area contributed by atoms with Crippen molar-refractivity contribution in [3.8, 4) is 11.5 Å². The van der Waals surface area contributed by atoms with Crippen molar-refractivity contribution in [1.82, 2.24) is 20.2 Å². The molecule has 2 atom stereocenters. The lowest BCUT2D eigenvalue weighted by atomic mass is 10.0. The number of ether oxygens (including phenoxy) is 2. The van der Waals surface area contributed by atoms with Gasteiger partial charge >= 0.3 is 0 Å². The zero-order valence-corrected chi connectivity index (χ0v) is 20.5. The molecule has 1 aromatic heterocycles. The van der Waals surface area contributed by atoms with Gasteiger partial charge in [-0.1, -0.05) is 30.3 Å². The van der Waals surface area contributed by atoms with Gasteiger partial charge in [-0.3, -0.25) is 4.79 Å². The standard InChI is InChI=1S/C26H31FN6O3/c1-35-20-14-18-23(22(27)24(20)36-2)30-26(31-25(18)28)33-12-11-32(21(34)13-17-9-6-10-29-17)15-19(33)16-7-4-3-5-8-16/h3-5,7-8,14,17,19,29H,6,9-13,15H2,1-2H3,(H2,28,30,31). The second-order valence-electron chi connectivity index (χ2n) is 9.19. The number of benzene rings is 2. The highest BCUT2D eigenvalue weighted by molar-refractivity contribution is 5.92. The van der Waals surface area contributed by atoms with Gasteiger partial charge in [0.25, 0.3) is 0 Å². The van der Waals surface area contributed by atoms with Crippen molar-refractivity contribution < 1.29 is 18.7 Å². The Hall–Kier alpha value is -3.66. The van der Waals surface area contributed by atoms with Crippen LogP contribution in [-0.4, -0.2) is 67.2 Å². The molecule has 190 valence electrons. The van der Waals surface area contributed by atoms with Crippen molar-refractivity contribution in [1.29, 1.82) is 0 Å². The van der Waals surface area contributed by atoms with Crippen LogP contribution in [0.1, 0.15) is 30.9 Å². The van der Waals surface area contributed by atoms with Crippen LogP contribution in [0.5, 0.6) is 11.5 Å². The van der Waals surface area contributed by atoms with Crippen molar-refractivity contribution in [3.63, 3.8) is 0 Å². The first kappa shape index (κ1) is 24.1. The van der Waals surface area contributed by atoms with Crippen LogP contribution in [0.15, 0.2) is 36.4 Å². The van der Waals surface area contributed by atoms with Crippen molar-refractivity contribution in [3.05, 3.63) is 47.8 Å². The molecule has 3 aromatic rings. The van der Waals surface area contributed by atoms with Gasteiger partial charge in [-0.05, 0) is 31.0 Å². The summed E-state index contributed by atoms with van der Waals surface area (Å²) in [6.07, 6.45) is 2.62. The van der Waals surface area contributed by atoms with Crippen LogP contribution in [0.4, 0.5) is 16.2 Å². The normalized spacial score (nSPS) is 20.1. The molecule has 2 aliphatic rings. The highest BCUT2D eigenvalue weighted by Crippen LogP contribution is 2.38. The second kappa shape index (κ2) is 10.1. The highest BCUT2D eigenvalue weighted by Gasteiger charge is 2.34. The summed E-state index contributed by atoms with van der Waals surface area (Å²) < 4.78 is 25.9. The lowest BCUT2D eigenvalue weighted by Gasteiger charge is -2.42. The van der Waals surface area contributed by atoms with E-state index in [-0.39, 0.29) is 40.8 Å². The molecule has 3 N–H and O–H groups in total. The number of amides is 1. The predicted octanol–water partition coefficient (Wildman–Crippen LogP) is 2.90. The monoisotopic (exact) mass is 494 g/mol. The van der Waals surface area contributed by atoms with E-state index in [0.717, 1.165) is 24.9 Å². The first-order valence-electron chi connectivity index (χ1n) is 12.2. The molecule has 1 amide bonds. The molecule has 0 aliphatic carbocycles. The van der Waals surface area contributed by atoms with E-state index in [9.17, 15) is 4.79 Å². The predicted molar refractivity (Wildman–Crippen MR) is 136 cm³/mol. The average Bonchev–Trinajstić information content (AvgIpc) is 3.42. The topological polar surface area (TPSA) is 106 Å². The summed E-state index contributed by atoms with van der Waals surface area (Å²) in [5, 5.41) is 3.75. The molecule has 2 aliphatic heterocycles. The third-order valence-corrected chi connectivity index (χ3v) is 7.05. The summed E-state index contributed by atoms with van der Waals surface area (Å²) in [4.78, 5) is 26.2. The Morgan fingerprint density at radius 2 is 2.00 bits per heavy atom. The fourth-order valence-electron chi connectivity index (χ4n) is 5.15. The Morgan fingerprint density at radius 1 is 1.19 bits per heavy atom. The number of methoxy groups -OCH3 is 2. The molecule has 0 radical (unpaired) electrons. The Labute approximate surface area is 209 Å². The number of hydrogen-bond donors (Lipinski definition) is 2. The van der Waals surface area contributed by atoms with Crippen molar-refractivity contribution in [2.75, 3.05) is 51.0 Å². The van der Waals surface area contributed by atoms with Crippen LogP contribution in [0, 0.1) is 5.82 Å². The lowest BCUT2D eigenvalue weighted by Crippen LogP contribution is -2.51. The molecule has 3 heterocycles. The van der Waals surface area contributed by atoms with Crippen molar-refractivity contribution in [2.45, 2.75) is 31.3 Å². The third kappa shape index (κ3) is 4.48. The Kier molecular flexibility index (Phi) is 6.77. The van der Waals surface area contributed by atoms with Gasteiger partial charge in [0, 0.05) is 37.5 Å². The number of anilines is 2. The molecule has 2 saturated heterocycles. The molecule has 2 unspecified atom stereocenters. The Morgan fingerprint density at radius 3 is 2.69 bits per heavy atom. The highest BCUT2D eigenvalue weighted by atomic mass is 19.1. The minimum Gasteiger partial charge on any atom is -0.493 e. The largest absolute Gasteiger partial charge is 0.493 e.